The second-order valence-corrected chi connectivity index (χ2v) is 8.85. The molecule has 1 heterocycles. The summed E-state index contributed by atoms with van der Waals surface area (Å²) in [6.45, 7) is 0. The van der Waals surface area contributed by atoms with Gasteiger partial charge in [0.15, 0.2) is 11.5 Å². The molecule has 0 bridgehead atoms. The molecule has 7 heteroatoms. The lowest BCUT2D eigenvalue weighted by Gasteiger charge is -2.38. The molecule has 1 saturated carbocycles. The third-order valence-corrected chi connectivity index (χ3v) is 7.08. The topological polar surface area (TPSA) is 77.1 Å². The zero-order chi connectivity index (χ0) is 22.7. The van der Waals surface area contributed by atoms with E-state index in [9.17, 15) is 9.59 Å². The molecule has 4 rings (SSSR count). The van der Waals surface area contributed by atoms with Gasteiger partial charge in [-0.1, -0.05) is 25.3 Å². The minimum atomic E-state index is -0.725. The van der Waals surface area contributed by atoms with E-state index in [1.54, 1.807) is 26.4 Å². The van der Waals surface area contributed by atoms with E-state index in [1.165, 1.54) is 13.5 Å². The number of hydrogen-bond donors (Lipinski definition) is 1. The summed E-state index contributed by atoms with van der Waals surface area (Å²) < 4.78 is 16.0. The Kier molecular flexibility index (Phi) is 7.04. The smallest absolute Gasteiger partial charge is 0.327 e. The Morgan fingerprint density at radius 3 is 2.41 bits per heavy atom. The van der Waals surface area contributed by atoms with Crippen LogP contribution in [0.3, 0.4) is 0 Å². The SMILES string of the molecule is COC(=O)[C@@H](N[C@H]1C2=C(CCCC2)C(=O)N1C1CCCCC1)c1ccc(OC)c(OC)c1. The number of carbonyl (C=O) groups excluding carboxylic acids is 2. The normalized spacial score (nSPS) is 22.5. The maximum atomic E-state index is 13.5. The van der Waals surface area contributed by atoms with Gasteiger partial charge in [-0.3, -0.25) is 10.1 Å². The molecule has 1 fully saturated rings. The van der Waals surface area contributed by atoms with Crippen molar-refractivity contribution in [2.45, 2.75) is 76.0 Å². The molecule has 32 heavy (non-hydrogen) atoms. The van der Waals surface area contributed by atoms with Crippen LogP contribution in [0.1, 0.15) is 69.4 Å². The molecule has 1 N–H and O–H groups in total. The summed E-state index contributed by atoms with van der Waals surface area (Å²) in [6.07, 6.45) is 9.10. The number of benzene rings is 1. The Hall–Kier alpha value is -2.54. The number of methoxy groups -OCH3 is 3. The van der Waals surface area contributed by atoms with E-state index in [1.807, 2.05) is 11.0 Å². The third kappa shape index (κ3) is 4.22. The number of rotatable bonds is 7. The first-order chi connectivity index (χ1) is 15.6. The van der Waals surface area contributed by atoms with Crippen LogP contribution in [0.15, 0.2) is 29.3 Å². The molecule has 2 aliphatic carbocycles. The lowest BCUT2D eigenvalue weighted by Crippen LogP contribution is -2.53. The first-order valence-electron chi connectivity index (χ1n) is 11.7. The maximum Gasteiger partial charge on any atom is 0.327 e. The van der Waals surface area contributed by atoms with Gasteiger partial charge in [0, 0.05) is 11.6 Å². The summed E-state index contributed by atoms with van der Waals surface area (Å²) in [6, 6.07) is 4.91. The van der Waals surface area contributed by atoms with Gasteiger partial charge in [-0.2, -0.15) is 0 Å². The van der Waals surface area contributed by atoms with Crippen LogP contribution in [0.4, 0.5) is 0 Å². The van der Waals surface area contributed by atoms with Gasteiger partial charge in [0.25, 0.3) is 5.91 Å². The van der Waals surface area contributed by atoms with E-state index in [0.29, 0.717) is 11.5 Å². The molecule has 7 nitrogen and oxygen atoms in total. The fourth-order valence-electron chi connectivity index (χ4n) is 5.44. The van der Waals surface area contributed by atoms with E-state index < -0.39 is 12.0 Å². The number of nitrogens with one attached hydrogen (secondary N) is 1. The van der Waals surface area contributed by atoms with Gasteiger partial charge in [0.2, 0.25) is 0 Å². The Morgan fingerprint density at radius 2 is 1.72 bits per heavy atom. The van der Waals surface area contributed by atoms with E-state index in [0.717, 1.165) is 68.1 Å². The van der Waals surface area contributed by atoms with Gasteiger partial charge in [0.05, 0.1) is 21.3 Å². The predicted molar refractivity (Wildman–Crippen MR) is 120 cm³/mol. The average molecular weight is 443 g/mol. The molecule has 0 unspecified atom stereocenters. The number of hydrogen-bond acceptors (Lipinski definition) is 6. The number of carbonyl (C=O) groups is 2. The highest BCUT2D eigenvalue weighted by molar-refractivity contribution is 5.98. The lowest BCUT2D eigenvalue weighted by molar-refractivity contribution is -0.145. The molecule has 1 amide bonds. The molecule has 0 spiro atoms. The highest BCUT2D eigenvalue weighted by atomic mass is 16.5. The van der Waals surface area contributed by atoms with Crippen LogP contribution < -0.4 is 14.8 Å². The van der Waals surface area contributed by atoms with Crippen LogP contribution in [0.2, 0.25) is 0 Å². The fourth-order valence-corrected chi connectivity index (χ4v) is 5.44. The predicted octanol–water partition coefficient (Wildman–Crippen LogP) is 3.88. The Balaban J connectivity index is 1.69. The lowest BCUT2D eigenvalue weighted by atomic mass is 9.91. The van der Waals surface area contributed by atoms with Gasteiger partial charge in [-0.05, 0) is 61.8 Å². The second kappa shape index (κ2) is 9.94. The first-order valence-corrected chi connectivity index (χ1v) is 11.7. The van der Waals surface area contributed by atoms with Crippen LogP contribution in [0.5, 0.6) is 11.5 Å². The average Bonchev–Trinajstić information content (AvgIpc) is 3.13. The number of amides is 1. The van der Waals surface area contributed by atoms with Gasteiger partial charge in [-0.25, -0.2) is 4.79 Å². The van der Waals surface area contributed by atoms with Crippen LogP contribution >= 0.6 is 0 Å². The van der Waals surface area contributed by atoms with E-state index in [4.69, 9.17) is 14.2 Å². The molecule has 0 aromatic heterocycles. The van der Waals surface area contributed by atoms with Gasteiger partial charge < -0.3 is 19.1 Å². The summed E-state index contributed by atoms with van der Waals surface area (Å²) in [7, 11) is 4.54. The standard InChI is InChI=1S/C25H34N2O5/c1-30-20-14-13-16(15-21(20)31-2)22(25(29)32-3)26-23-18-11-7-8-12-19(18)24(28)27(23)17-9-5-4-6-10-17/h13-15,17,22-23,26H,4-12H2,1-3H3/t22-,23+/m0/s1. The number of esters is 1. The summed E-state index contributed by atoms with van der Waals surface area (Å²) in [4.78, 5) is 28.4. The zero-order valence-corrected chi connectivity index (χ0v) is 19.3. The van der Waals surface area contributed by atoms with Crippen molar-refractivity contribution in [1.82, 2.24) is 10.2 Å². The minimum Gasteiger partial charge on any atom is -0.493 e. The summed E-state index contributed by atoms with van der Waals surface area (Å²) in [5.74, 6) is 0.903. The van der Waals surface area contributed by atoms with Crippen molar-refractivity contribution in [1.29, 1.82) is 0 Å². The highest BCUT2D eigenvalue weighted by Crippen LogP contribution is 2.40. The van der Waals surface area contributed by atoms with Crippen molar-refractivity contribution in [2.75, 3.05) is 21.3 Å². The maximum absolute atomic E-state index is 13.5. The van der Waals surface area contributed by atoms with Crippen LogP contribution in [0, 0.1) is 0 Å². The van der Waals surface area contributed by atoms with E-state index in [2.05, 4.69) is 5.32 Å². The second-order valence-electron chi connectivity index (χ2n) is 8.85. The number of ether oxygens (including phenoxy) is 3. The Labute approximate surface area is 190 Å². The van der Waals surface area contributed by atoms with Crippen molar-refractivity contribution in [3.63, 3.8) is 0 Å². The molecule has 174 valence electrons. The highest BCUT2D eigenvalue weighted by Gasteiger charge is 2.44. The monoisotopic (exact) mass is 442 g/mol. The van der Waals surface area contributed by atoms with Gasteiger partial charge >= 0.3 is 5.97 Å². The van der Waals surface area contributed by atoms with Crippen molar-refractivity contribution in [2.24, 2.45) is 0 Å². The van der Waals surface area contributed by atoms with Crippen molar-refractivity contribution in [3.05, 3.63) is 34.9 Å². The molecular formula is C25H34N2O5. The fraction of sp³-hybridized carbons (Fsp3) is 0.600. The van der Waals surface area contributed by atoms with E-state index in [-0.39, 0.29) is 18.1 Å². The molecule has 2 atom stereocenters. The number of nitrogens with zero attached hydrogens (tertiary/aromatic N) is 1. The van der Waals surface area contributed by atoms with Crippen LogP contribution in [-0.4, -0.2) is 50.3 Å². The third-order valence-electron chi connectivity index (χ3n) is 7.08. The molecule has 1 aromatic rings. The largest absolute Gasteiger partial charge is 0.493 e. The first kappa shape index (κ1) is 22.6. The Bertz CT molecular complexity index is 890. The quantitative estimate of drug-likeness (QED) is 0.646. The summed E-state index contributed by atoms with van der Waals surface area (Å²) in [5.41, 5.74) is 2.83. The Morgan fingerprint density at radius 1 is 1.00 bits per heavy atom. The molecule has 0 saturated heterocycles. The van der Waals surface area contributed by atoms with Crippen molar-refractivity contribution in [3.8, 4) is 11.5 Å². The molecule has 0 radical (unpaired) electrons. The van der Waals surface area contributed by atoms with Crippen LogP contribution in [0.25, 0.3) is 0 Å². The van der Waals surface area contributed by atoms with Crippen molar-refractivity contribution < 1.29 is 23.8 Å². The summed E-state index contributed by atoms with van der Waals surface area (Å²) >= 11 is 0. The zero-order valence-electron chi connectivity index (χ0n) is 19.3. The van der Waals surface area contributed by atoms with Crippen LogP contribution in [-0.2, 0) is 14.3 Å². The molecule has 1 aliphatic heterocycles. The van der Waals surface area contributed by atoms with Crippen molar-refractivity contribution >= 4 is 11.9 Å². The molecular weight excluding hydrogens is 408 g/mol. The van der Waals surface area contributed by atoms with E-state index >= 15 is 0 Å². The van der Waals surface area contributed by atoms with Gasteiger partial charge in [0.1, 0.15) is 12.2 Å². The molecule has 1 aromatic carbocycles. The summed E-state index contributed by atoms with van der Waals surface area (Å²) in [5, 5.41) is 3.53. The molecule has 3 aliphatic rings. The van der Waals surface area contributed by atoms with Gasteiger partial charge in [-0.15, -0.1) is 0 Å². The minimum absolute atomic E-state index is 0.153.